The number of rotatable bonds is 6. The number of benzene rings is 1. The molecule has 31 heavy (non-hydrogen) atoms. The monoisotopic (exact) mass is 451 g/mol. The minimum Gasteiger partial charge on any atom is -0.497 e. The topological polar surface area (TPSA) is 91.2 Å². The number of hydrogen-bond donors (Lipinski definition) is 2. The average molecular weight is 452 g/mol. The molecule has 2 aromatic rings. The van der Waals surface area contributed by atoms with Gasteiger partial charge in [-0.25, -0.2) is 0 Å². The summed E-state index contributed by atoms with van der Waals surface area (Å²) in [4.78, 5) is 26.2. The first-order chi connectivity index (χ1) is 15.1. The van der Waals surface area contributed by atoms with Crippen LogP contribution in [-0.2, 0) is 9.59 Å². The molecule has 8 heteroatoms. The average Bonchev–Trinajstić information content (AvgIpc) is 3.32. The predicted molar refractivity (Wildman–Crippen MR) is 123 cm³/mol. The number of allylic oxidation sites excluding steroid dienone is 3. The Morgan fingerprint density at radius 3 is 2.81 bits per heavy atom. The normalized spacial score (nSPS) is 18.2. The summed E-state index contributed by atoms with van der Waals surface area (Å²) in [5, 5.41) is 18.7. The summed E-state index contributed by atoms with van der Waals surface area (Å²) < 4.78 is 5.13. The van der Waals surface area contributed by atoms with Crippen molar-refractivity contribution in [2.24, 2.45) is 0 Å². The third-order valence-electron chi connectivity index (χ3n) is 5.21. The summed E-state index contributed by atoms with van der Waals surface area (Å²) in [6, 6.07) is 13.3. The summed E-state index contributed by atoms with van der Waals surface area (Å²) in [7, 11) is 1.59. The lowest BCUT2D eigenvalue weighted by molar-refractivity contribution is -0.116. The van der Waals surface area contributed by atoms with Crippen LogP contribution in [-0.4, -0.2) is 24.6 Å². The van der Waals surface area contributed by atoms with Gasteiger partial charge in [0.15, 0.2) is 5.78 Å². The van der Waals surface area contributed by atoms with E-state index >= 15 is 0 Å². The summed E-state index contributed by atoms with van der Waals surface area (Å²) in [5.74, 6) is 0.428. The Labute approximate surface area is 189 Å². The maximum atomic E-state index is 12.7. The third-order valence-corrected chi connectivity index (χ3v) is 7.17. The number of thiophene rings is 1. The van der Waals surface area contributed by atoms with E-state index in [0.717, 1.165) is 23.4 Å². The maximum Gasteiger partial charge on any atom is 0.234 e. The number of dihydropyridines is 1. The number of amides is 1. The van der Waals surface area contributed by atoms with E-state index in [2.05, 4.69) is 16.7 Å². The van der Waals surface area contributed by atoms with E-state index in [9.17, 15) is 14.9 Å². The third kappa shape index (κ3) is 4.53. The summed E-state index contributed by atoms with van der Waals surface area (Å²) >= 11 is 2.83. The summed E-state index contributed by atoms with van der Waals surface area (Å²) in [5.41, 5.74) is 2.76. The molecule has 2 N–H and O–H groups in total. The van der Waals surface area contributed by atoms with Crippen molar-refractivity contribution in [1.82, 2.24) is 5.32 Å². The van der Waals surface area contributed by atoms with E-state index in [1.165, 1.54) is 23.1 Å². The lowest BCUT2D eigenvalue weighted by Crippen LogP contribution is -2.31. The molecule has 0 radical (unpaired) electrons. The number of ketones is 1. The number of Topliss-reactive ketones (excluding diaryl/α,β-unsaturated/α-hetero) is 1. The van der Waals surface area contributed by atoms with Gasteiger partial charge in [-0.1, -0.05) is 17.8 Å². The van der Waals surface area contributed by atoms with Crippen LogP contribution >= 0.6 is 23.1 Å². The first-order valence-electron chi connectivity index (χ1n) is 9.88. The van der Waals surface area contributed by atoms with Crippen molar-refractivity contribution >= 4 is 40.5 Å². The molecule has 1 amide bonds. The quantitative estimate of drug-likeness (QED) is 0.669. The highest BCUT2D eigenvalue weighted by atomic mass is 32.2. The van der Waals surface area contributed by atoms with Crippen molar-refractivity contribution in [2.45, 2.75) is 25.2 Å². The number of ether oxygens (including phenoxy) is 1. The van der Waals surface area contributed by atoms with E-state index in [-0.39, 0.29) is 23.4 Å². The molecule has 1 aromatic carbocycles. The maximum absolute atomic E-state index is 12.7. The molecule has 0 bridgehead atoms. The zero-order chi connectivity index (χ0) is 21.8. The van der Waals surface area contributed by atoms with Crippen LogP contribution < -0.4 is 15.4 Å². The van der Waals surface area contributed by atoms with Gasteiger partial charge in [-0.2, -0.15) is 5.26 Å². The number of carbonyl (C=O) groups is 2. The van der Waals surface area contributed by atoms with Crippen LogP contribution in [0.3, 0.4) is 0 Å². The number of thioether (sulfide) groups is 1. The van der Waals surface area contributed by atoms with E-state index < -0.39 is 0 Å². The molecule has 158 valence electrons. The van der Waals surface area contributed by atoms with Crippen molar-refractivity contribution in [1.29, 1.82) is 5.26 Å². The highest BCUT2D eigenvalue weighted by Gasteiger charge is 2.37. The van der Waals surface area contributed by atoms with Crippen LogP contribution in [0.15, 0.2) is 63.7 Å². The van der Waals surface area contributed by atoms with Crippen molar-refractivity contribution < 1.29 is 14.3 Å². The fourth-order valence-corrected chi connectivity index (χ4v) is 5.49. The van der Waals surface area contributed by atoms with Gasteiger partial charge < -0.3 is 15.4 Å². The van der Waals surface area contributed by atoms with Crippen molar-refractivity contribution in [3.05, 3.63) is 68.5 Å². The first kappa shape index (κ1) is 21.2. The largest absolute Gasteiger partial charge is 0.497 e. The molecule has 1 aliphatic heterocycles. The van der Waals surface area contributed by atoms with Crippen LogP contribution in [0.5, 0.6) is 5.75 Å². The highest BCUT2D eigenvalue weighted by molar-refractivity contribution is 8.03. The van der Waals surface area contributed by atoms with Gasteiger partial charge >= 0.3 is 0 Å². The Balaban J connectivity index is 1.54. The fourth-order valence-electron chi connectivity index (χ4n) is 3.79. The Bertz CT molecular complexity index is 1100. The summed E-state index contributed by atoms with van der Waals surface area (Å²) in [6.07, 6.45) is 2.07. The number of anilines is 1. The van der Waals surface area contributed by atoms with Crippen molar-refractivity contribution in [3.63, 3.8) is 0 Å². The second-order valence-corrected chi connectivity index (χ2v) is 9.13. The fraction of sp³-hybridized carbons (Fsp3) is 0.261. The zero-order valence-corrected chi connectivity index (χ0v) is 18.6. The van der Waals surface area contributed by atoms with Crippen molar-refractivity contribution in [3.8, 4) is 11.8 Å². The van der Waals surface area contributed by atoms with E-state index in [1.54, 1.807) is 31.4 Å². The van der Waals surface area contributed by atoms with Crippen LogP contribution in [0.25, 0.3) is 0 Å². The Kier molecular flexibility index (Phi) is 6.44. The van der Waals surface area contributed by atoms with Gasteiger partial charge in [-0.05, 0) is 48.6 Å². The molecule has 1 aliphatic carbocycles. The Hall–Kier alpha value is -3.02. The Morgan fingerprint density at radius 2 is 2.13 bits per heavy atom. The molecule has 2 aliphatic rings. The lowest BCUT2D eigenvalue weighted by atomic mass is 9.79. The van der Waals surface area contributed by atoms with Gasteiger partial charge in [0.1, 0.15) is 5.75 Å². The molecule has 1 unspecified atom stereocenters. The summed E-state index contributed by atoms with van der Waals surface area (Å²) in [6.45, 7) is 0. The molecular formula is C23H21N3O3S2. The molecule has 4 rings (SSSR count). The number of nitrogens with one attached hydrogen (secondary N) is 2. The van der Waals surface area contributed by atoms with Gasteiger partial charge in [0, 0.05) is 28.3 Å². The van der Waals surface area contributed by atoms with E-state index in [1.807, 2.05) is 17.5 Å². The molecule has 0 saturated heterocycles. The SMILES string of the molecule is COc1ccc(NC(=O)CSC2=C(C#N)C(c3cccs3)C3=C(CCCC3=O)N2)cc1. The lowest BCUT2D eigenvalue weighted by Gasteiger charge is -2.32. The first-order valence-corrected chi connectivity index (χ1v) is 11.7. The number of hydrogen-bond acceptors (Lipinski definition) is 7. The van der Waals surface area contributed by atoms with Crippen molar-refractivity contribution in [2.75, 3.05) is 18.2 Å². The second kappa shape index (κ2) is 9.41. The molecule has 1 aromatic heterocycles. The molecule has 0 saturated carbocycles. The molecular weight excluding hydrogens is 430 g/mol. The number of nitriles is 1. The molecule has 2 heterocycles. The van der Waals surface area contributed by atoms with Gasteiger partial charge in [-0.15, -0.1) is 11.3 Å². The minimum atomic E-state index is -0.360. The molecule has 6 nitrogen and oxygen atoms in total. The van der Waals surface area contributed by atoms with E-state index in [0.29, 0.717) is 34.0 Å². The second-order valence-electron chi connectivity index (χ2n) is 7.16. The Morgan fingerprint density at radius 1 is 1.32 bits per heavy atom. The van der Waals surface area contributed by atoms with Gasteiger partial charge in [0.05, 0.1) is 35.5 Å². The number of nitrogens with zero attached hydrogens (tertiary/aromatic N) is 1. The van der Waals surface area contributed by atoms with Crippen LogP contribution in [0.1, 0.15) is 30.1 Å². The zero-order valence-electron chi connectivity index (χ0n) is 16.9. The number of methoxy groups -OCH3 is 1. The van der Waals surface area contributed by atoms with E-state index in [4.69, 9.17) is 4.74 Å². The number of carbonyl (C=O) groups excluding carboxylic acids is 2. The molecule has 1 atom stereocenters. The molecule has 0 spiro atoms. The minimum absolute atomic E-state index is 0.0983. The predicted octanol–water partition coefficient (Wildman–Crippen LogP) is 4.56. The van der Waals surface area contributed by atoms with Gasteiger partial charge in [0.25, 0.3) is 0 Å². The molecule has 0 fully saturated rings. The smallest absolute Gasteiger partial charge is 0.234 e. The highest BCUT2D eigenvalue weighted by Crippen LogP contribution is 2.45. The van der Waals surface area contributed by atoms with Gasteiger partial charge in [0.2, 0.25) is 5.91 Å². The standard InChI is InChI=1S/C23H21N3O3S2/c1-29-15-9-7-14(8-10-15)25-20(28)13-31-23-16(12-24)21(19-6-3-11-30-19)22-17(26-23)4-2-5-18(22)27/h3,6-11,21,26H,2,4-5,13H2,1H3,(H,25,28). The van der Waals surface area contributed by atoms with Crippen LogP contribution in [0, 0.1) is 11.3 Å². The van der Waals surface area contributed by atoms with Gasteiger partial charge in [-0.3, -0.25) is 9.59 Å². The van der Waals surface area contributed by atoms with Crippen LogP contribution in [0.4, 0.5) is 5.69 Å². The van der Waals surface area contributed by atoms with Crippen LogP contribution in [0.2, 0.25) is 0 Å².